The van der Waals surface area contributed by atoms with Gasteiger partial charge in [0.25, 0.3) is 0 Å². The highest BCUT2D eigenvalue weighted by atomic mass is 16.5. The Morgan fingerprint density at radius 3 is 2.33 bits per heavy atom. The molecule has 2 aromatic carbocycles. The Labute approximate surface area is 159 Å². The number of ether oxygens (including phenoxy) is 2. The Morgan fingerprint density at radius 2 is 1.67 bits per heavy atom. The highest BCUT2D eigenvalue weighted by Crippen LogP contribution is 2.31. The summed E-state index contributed by atoms with van der Waals surface area (Å²) in [5.74, 6) is 2.72. The lowest BCUT2D eigenvalue weighted by Gasteiger charge is -2.22. The zero-order valence-electron chi connectivity index (χ0n) is 16.1. The Balaban J connectivity index is 1.91. The van der Waals surface area contributed by atoms with E-state index in [2.05, 4.69) is 34.3 Å². The first-order chi connectivity index (χ1) is 13.1. The van der Waals surface area contributed by atoms with Crippen molar-refractivity contribution in [3.8, 4) is 11.5 Å². The van der Waals surface area contributed by atoms with E-state index in [1.165, 1.54) is 0 Å². The van der Waals surface area contributed by atoms with Crippen LogP contribution in [0.3, 0.4) is 0 Å². The second-order valence-electron chi connectivity index (χ2n) is 5.97. The maximum atomic E-state index is 5.37. The van der Waals surface area contributed by atoms with Gasteiger partial charge in [-0.25, -0.2) is 4.98 Å². The standard InChI is InChI=1S/C21H24N4O2/c1-5-25(17-9-7-6-8-10-17)21-22-15(2)13-20(24-21)23-16-11-12-18(26-3)19(14-16)27-4/h6-14H,5H2,1-4H3,(H,22,23,24). The van der Waals surface area contributed by atoms with E-state index in [1.54, 1.807) is 14.2 Å². The topological polar surface area (TPSA) is 59.5 Å². The first-order valence-electron chi connectivity index (χ1n) is 8.82. The highest BCUT2D eigenvalue weighted by molar-refractivity contribution is 5.64. The minimum Gasteiger partial charge on any atom is -0.493 e. The summed E-state index contributed by atoms with van der Waals surface area (Å²) in [7, 11) is 3.24. The van der Waals surface area contributed by atoms with E-state index in [4.69, 9.17) is 14.5 Å². The van der Waals surface area contributed by atoms with Crippen LogP contribution in [-0.2, 0) is 0 Å². The van der Waals surface area contributed by atoms with Crippen LogP contribution in [0.5, 0.6) is 11.5 Å². The van der Waals surface area contributed by atoms with Gasteiger partial charge in [-0.3, -0.25) is 0 Å². The van der Waals surface area contributed by atoms with E-state index in [9.17, 15) is 0 Å². The number of hydrogen-bond donors (Lipinski definition) is 1. The van der Waals surface area contributed by atoms with Crippen LogP contribution in [0.4, 0.5) is 23.1 Å². The van der Waals surface area contributed by atoms with Crippen molar-refractivity contribution in [1.29, 1.82) is 0 Å². The number of benzene rings is 2. The smallest absolute Gasteiger partial charge is 0.232 e. The SMILES string of the molecule is CCN(c1ccccc1)c1nc(C)cc(Nc2ccc(OC)c(OC)c2)n1. The van der Waals surface area contributed by atoms with E-state index in [1.807, 2.05) is 49.4 Å². The monoisotopic (exact) mass is 364 g/mol. The molecule has 0 radical (unpaired) electrons. The summed E-state index contributed by atoms with van der Waals surface area (Å²) in [6, 6.07) is 17.7. The molecule has 3 rings (SSSR count). The molecule has 1 N–H and O–H groups in total. The lowest BCUT2D eigenvalue weighted by molar-refractivity contribution is 0.355. The zero-order valence-corrected chi connectivity index (χ0v) is 16.1. The van der Waals surface area contributed by atoms with Crippen LogP contribution < -0.4 is 19.7 Å². The summed E-state index contributed by atoms with van der Waals surface area (Å²) in [5, 5.41) is 3.33. The second-order valence-corrected chi connectivity index (χ2v) is 5.97. The molecule has 140 valence electrons. The van der Waals surface area contributed by atoms with Crippen LogP contribution >= 0.6 is 0 Å². The molecule has 27 heavy (non-hydrogen) atoms. The summed E-state index contributed by atoms with van der Waals surface area (Å²) in [5.41, 5.74) is 2.81. The number of aryl methyl sites for hydroxylation is 1. The normalized spacial score (nSPS) is 10.4. The minimum atomic E-state index is 0.659. The lowest BCUT2D eigenvalue weighted by Crippen LogP contribution is -2.19. The zero-order chi connectivity index (χ0) is 19.2. The molecule has 3 aromatic rings. The molecule has 0 aliphatic rings. The van der Waals surface area contributed by atoms with Gasteiger partial charge in [0.1, 0.15) is 5.82 Å². The average molecular weight is 364 g/mol. The van der Waals surface area contributed by atoms with Gasteiger partial charge in [-0.1, -0.05) is 18.2 Å². The summed E-state index contributed by atoms with van der Waals surface area (Å²) in [6.45, 7) is 4.81. The van der Waals surface area contributed by atoms with Crippen LogP contribution in [0, 0.1) is 6.92 Å². The van der Waals surface area contributed by atoms with E-state index in [0.717, 1.165) is 29.4 Å². The minimum absolute atomic E-state index is 0.659. The van der Waals surface area contributed by atoms with Gasteiger partial charge in [0.2, 0.25) is 5.95 Å². The van der Waals surface area contributed by atoms with Gasteiger partial charge in [-0.2, -0.15) is 4.98 Å². The van der Waals surface area contributed by atoms with E-state index >= 15 is 0 Å². The van der Waals surface area contributed by atoms with Crippen molar-refractivity contribution >= 4 is 23.1 Å². The maximum Gasteiger partial charge on any atom is 0.232 e. The molecule has 0 bridgehead atoms. The third-order valence-corrected chi connectivity index (χ3v) is 4.12. The molecule has 1 heterocycles. The van der Waals surface area contributed by atoms with Crippen molar-refractivity contribution in [3.05, 3.63) is 60.3 Å². The Bertz CT molecular complexity index is 900. The molecule has 6 heteroatoms. The fraction of sp³-hybridized carbons (Fsp3) is 0.238. The molecule has 6 nitrogen and oxygen atoms in total. The largest absolute Gasteiger partial charge is 0.493 e. The number of nitrogens with one attached hydrogen (secondary N) is 1. The van der Waals surface area contributed by atoms with Gasteiger partial charge in [-0.15, -0.1) is 0 Å². The molecule has 0 aliphatic carbocycles. The van der Waals surface area contributed by atoms with E-state index in [-0.39, 0.29) is 0 Å². The first-order valence-corrected chi connectivity index (χ1v) is 8.82. The third-order valence-electron chi connectivity index (χ3n) is 4.12. The van der Waals surface area contributed by atoms with Gasteiger partial charge < -0.3 is 19.7 Å². The number of aromatic nitrogens is 2. The second kappa shape index (κ2) is 8.40. The van der Waals surface area contributed by atoms with Gasteiger partial charge in [0, 0.05) is 35.7 Å². The number of methoxy groups -OCH3 is 2. The van der Waals surface area contributed by atoms with E-state index < -0.39 is 0 Å². The average Bonchev–Trinajstić information content (AvgIpc) is 2.69. The van der Waals surface area contributed by atoms with Crippen molar-refractivity contribution in [2.75, 3.05) is 31.0 Å². The summed E-state index contributed by atoms with van der Waals surface area (Å²) < 4.78 is 10.7. The van der Waals surface area contributed by atoms with Gasteiger partial charge >= 0.3 is 0 Å². The predicted octanol–water partition coefficient (Wildman–Crippen LogP) is 4.70. The van der Waals surface area contributed by atoms with Crippen molar-refractivity contribution in [3.63, 3.8) is 0 Å². The fourth-order valence-corrected chi connectivity index (χ4v) is 2.85. The number of nitrogens with zero attached hydrogens (tertiary/aromatic N) is 3. The molecule has 0 unspecified atom stereocenters. The Kier molecular flexibility index (Phi) is 5.76. The first kappa shape index (κ1) is 18.5. The van der Waals surface area contributed by atoms with Crippen molar-refractivity contribution in [2.45, 2.75) is 13.8 Å². The van der Waals surface area contributed by atoms with Crippen molar-refractivity contribution in [2.24, 2.45) is 0 Å². The molecule has 0 amide bonds. The van der Waals surface area contributed by atoms with Crippen LogP contribution in [0.25, 0.3) is 0 Å². The van der Waals surface area contributed by atoms with Crippen LogP contribution in [0.15, 0.2) is 54.6 Å². The van der Waals surface area contributed by atoms with Crippen LogP contribution in [-0.4, -0.2) is 30.7 Å². The van der Waals surface area contributed by atoms with Crippen molar-refractivity contribution in [1.82, 2.24) is 9.97 Å². The molecule has 0 atom stereocenters. The molecule has 0 fully saturated rings. The molecular formula is C21H24N4O2. The number of anilines is 4. The van der Waals surface area contributed by atoms with Crippen LogP contribution in [0.2, 0.25) is 0 Å². The van der Waals surface area contributed by atoms with Gasteiger partial charge in [-0.05, 0) is 38.1 Å². The number of para-hydroxylation sites is 1. The summed E-state index contributed by atoms with van der Waals surface area (Å²) >= 11 is 0. The highest BCUT2D eigenvalue weighted by Gasteiger charge is 2.12. The third kappa shape index (κ3) is 4.28. The molecule has 0 aliphatic heterocycles. The summed E-state index contributed by atoms with van der Waals surface area (Å²) in [6.07, 6.45) is 0. The summed E-state index contributed by atoms with van der Waals surface area (Å²) in [4.78, 5) is 11.4. The van der Waals surface area contributed by atoms with Gasteiger partial charge in [0.05, 0.1) is 14.2 Å². The Hall–Kier alpha value is -3.28. The molecule has 0 saturated carbocycles. The number of rotatable bonds is 7. The maximum absolute atomic E-state index is 5.37. The molecule has 1 aromatic heterocycles. The molecular weight excluding hydrogens is 340 g/mol. The van der Waals surface area contributed by atoms with Gasteiger partial charge in [0.15, 0.2) is 11.5 Å². The quantitative estimate of drug-likeness (QED) is 0.655. The van der Waals surface area contributed by atoms with Crippen LogP contribution in [0.1, 0.15) is 12.6 Å². The van der Waals surface area contributed by atoms with Crippen molar-refractivity contribution < 1.29 is 9.47 Å². The number of hydrogen-bond acceptors (Lipinski definition) is 6. The predicted molar refractivity (Wildman–Crippen MR) is 109 cm³/mol. The fourth-order valence-electron chi connectivity index (χ4n) is 2.85. The lowest BCUT2D eigenvalue weighted by atomic mass is 10.2. The van der Waals surface area contributed by atoms with E-state index in [0.29, 0.717) is 17.4 Å². The molecule has 0 saturated heterocycles. The molecule has 0 spiro atoms. The Morgan fingerprint density at radius 1 is 0.926 bits per heavy atom.